The molecule has 0 amide bonds. The predicted molar refractivity (Wildman–Crippen MR) is 86.3 cm³/mol. The molecule has 0 spiro atoms. The van der Waals surface area contributed by atoms with Gasteiger partial charge in [-0.3, -0.25) is 19.3 Å². The summed E-state index contributed by atoms with van der Waals surface area (Å²) in [5.41, 5.74) is 1.25. The summed E-state index contributed by atoms with van der Waals surface area (Å²) in [5, 5.41) is 10.5. The largest absolute Gasteiger partial charge is 0.455 e. The van der Waals surface area contributed by atoms with Crippen molar-refractivity contribution in [2.45, 2.75) is 13.5 Å². The van der Waals surface area contributed by atoms with Crippen molar-refractivity contribution in [3.05, 3.63) is 73.1 Å². The number of aromatic nitrogens is 2. The molecule has 0 aromatic carbocycles. The maximum absolute atomic E-state index is 12.1. The Labute approximate surface area is 139 Å². The Bertz CT molecular complexity index is 1010. The van der Waals surface area contributed by atoms with Crippen molar-refractivity contribution in [3.63, 3.8) is 0 Å². The van der Waals surface area contributed by atoms with Crippen LogP contribution in [0.4, 0.5) is 5.00 Å². The van der Waals surface area contributed by atoms with Crippen molar-refractivity contribution in [2.24, 2.45) is 0 Å². The quantitative estimate of drug-likeness (QED) is 0.408. The summed E-state index contributed by atoms with van der Waals surface area (Å²) in [5.74, 6) is -0.695. The van der Waals surface area contributed by atoms with Gasteiger partial charge >= 0.3 is 11.0 Å². The Morgan fingerprint density at radius 3 is 2.88 bits per heavy atom. The van der Waals surface area contributed by atoms with Crippen LogP contribution >= 0.6 is 11.3 Å². The number of rotatable bonds is 4. The van der Waals surface area contributed by atoms with E-state index in [9.17, 15) is 19.7 Å². The highest BCUT2D eigenvalue weighted by molar-refractivity contribution is 7.17. The van der Waals surface area contributed by atoms with Crippen molar-refractivity contribution in [1.82, 2.24) is 9.38 Å². The molecule has 0 aliphatic carbocycles. The number of ether oxygens (including phenoxy) is 1. The standard InChI is InChI=1S/C15H11N3O5S/c1-9-3-2-4-12-16-10(7-13(19)17(9)12)8-23-15(20)11-5-6-14(24-11)18(21)22/h2-7H,8H2,1H3. The lowest BCUT2D eigenvalue weighted by molar-refractivity contribution is -0.380. The highest BCUT2D eigenvalue weighted by Crippen LogP contribution is 2.24. The maximum Gasteiger partial charge on any atom is 0.348 e. The lowest BCUT2D eigenvalue weighted by Crippen LogP contribution is -2.18. The van der Waals surface area contributed by atoms with Crippen LogP contribution in [0.1, 0.15) is 21.1 Å². The highest BCUT2D eigenvalue weighted by atomic mass is 32.1. The van der Waals surface area contributed by atoms with E-state index >= 15 is 0 Å². The van der Waals surface area contributed by atoms with Gasteiger partial charge in [0.25, 0.3) is 5.56 Å². The van der Waals surface area contributed by atoms with Crippen molar-refractivity contribution < 1.29 is 14.5 Å². The fraction of sp³-hybridized carbons (Fsp3) is 0.133. The summed E-state index contributed by atoms with van der Waals surface area (Å²) >= 11 is 0.732. The molecule has 24 heavy (non-hydrogen) atoms. The van der Waals surface area contributed by atoms with Crippen LogP contribution in [0.2, 0.25) is 0 Å². The summed E-state index contributed by atoms with van der Waals surface area (Å²) in [6.45, 7) is 1.60. The zero-order valence-electron chi connectivity index (χ0n) is 12.5. The van der Waals surface area contributed by atoms with E-state index in [1.54, 1.807) is 25.1 Å². The first kappa shape index (κ1) is 15.8. The van der Waals surface area contributed by atoms with E-state index in [1.165, 1.54) is 22.6 Å². The number of pyridine rings is 1. The third-order valence-electron chi connectivity index (χ3n) is 3.26. The Kier molecular flexibility index (Phi) is 4.09. The summed E-state index contributed by atoms with van der Waals surface area (Å²) in [6, 6.07) is 9.12. The molecule has 9 heteroatoms. The van der Waals surface area contributed by atoms with E-state index in [0.717, 1.165) is 17.0 Å². The monoisotopic (exact) mass is 345 g/mol. The van der Waals surface area contributed by atoms with Gasteiger partial charge in [0.2, 0.25) is 0 Å². The minimum absolute atomic E-state index is 0.120. The minimum Gasteiger partial charge on any atom is -0.455 e. The summed E-state index contributed by atoms with van der Waals surface area (Å²) in [7, 11) is 0. The fourth-order valence-electron chi connectivity index (χ4n) is 2.18. The van der Waals surface area contributed by atoms with E-state index in [0.29, 0.717) is 11.3 Å². The fourth-order valence-corrected chi connectivity index (χ4v) is 2.90. The first-order valence-electron chi connectivity index (χ1n) is 6.85. The number of nitrogens with zero attached hydrogens (tertiary/aromatic N) is 3. The molecular formula is C15H11N3O5S. The molecule has 0 bridgehead atoms. The zero-order chi connectivity index (χ0) is 17.3. The third kappa shape index (κ3) is 3.01. The second kappa shape index (κ2) is 6.20. The lowest BCUT2D eigenvalue weighted by atomic mass is 10.3. The molecule has 122 valence electrons. The molecule has 0 unspecified atom stereocenters. The van der Waals surface area contributed by atoms with Crippen molar-refractivity contribution in [1.29, 1.82) is 0 Å². The van der Waals surface area contributed by atoms with E-state index in [1.807, 2.05) is 0 Å². The molecule has 0 saturated carbocycles. The molecular weight excluding hydrogens is 334 g/mol. The van der Waals surface area contributed by atoms with Gasteiger partial charge < -0.3 is 4.74 Å². The number of esters is 1. The first-order valence-corrected chi connectivity index (χ1v) is 7.67. The smallest absolute Gasteiger partial charge is 0.348 e. The average Bonchev–Trinajstić information content (AvgIpc) is 3.02. The maximum atomic E-state index is 12.1. The molecule has 0 saturated heterocycles. The van der Waals surface area contributed by atoms with Gasteiger partial charge in [0.15, 0.2) is 0 Å². The second-order valence-electron chi connectivity index (χ2n) is 4.92. The SMILES string of the molecule is Cc1cccc2nc(COC(=O)c3ccc([N+](=O)[O-])s3)cc(=O)n12. The van der Waals surface area contributed by atoms with Crippen molar-refractivity contribution in [3.8, 4) is 0 Å². The molecule has 3 aromatic rings. The molecule has 3 rings (SSSR count). The van der Waals surface area contributed by atoms with Crippen LogP contribution < -0.4 is 5.56 Å². The molecule has 3 aromatic heterocycles. The van der Waals surface area contributed by atoms with E-state index in [4.69, 9.17) is 4.74 Å². The normalized spacial score (nSPS) is 10.7. The topological polar surface area (TPSA) is 104 Å². The van der Waals surface area contributed by atoms with Gasteiger partial charge in [0.1, 0.15) is 17.1 Å². The van der Waals surface area contributed by atoms with E-state index in [2.05, 4.69) is 4.98 Å². The Morgan fingerprint density at radius 2 is 2.17 bits per heavy atom. The number of fused-ring (bicyclic) bond motifs is 1. The van der Waals surface area contributed by atoms with Gasteiger partial charge in [-0.25, -0.2) is 9.78 Å². The van der Waals surface area contributed by atoms with Crippen LogP contribution in [0.15, 0.2) is 41.2 Å². The van der Waals surface area contributed by atoms with Crippen LogP contribution in [-0.4, -0.2) is 20.3 Å². The number of carbonyl (C=O) groups is 1. The molecule has 0 fully saturated rings. The van der Waals surface area contributed by atoms with E-state index < -0.39 is 10.9 Å². The lowest BCUT2D eigenvalue weighted by Gasteiger charge is -2.07. The molecule has 3 heterocycles. The van der Waals surface area contributed by atoms with Gasteiger partial charge in [-0.2, -0.15) is 0 Å². The van der Waals surface area contributed by atoms with Gasteiger partial charge in [0.05, 0.1) is 10.6 Å². The van der Waals surface area contributed by atoms with Crippen LogP contribution in [-0.2, 0) is 11.3 Å². The molecule has 0 N–H and O–H groups in total. The minimum atomic E-state index is -0.695. The van der Waals surface area contributed by atoms with Crippen molar-refractivity contribution in [2.75, 3.05) is 0 Å². The van der Waals surface area contributed by atoms with Crippen LogP contribution in [0.5, 0.6) is 0 Å². The summed E-state index contributed by atoms with van der Waals surface area (Å²) in [4.78, 5) is 38.5. The highest BCUT2D eigenvalue weighted by Gasteiger charge is 2.17. The average molecular weight is 345 g/mol. The Morgan fingerprint density at radius 1 is 1.38 bits per heavy atom. The molecule has 0 aliphatic heterocycles. The number of carbonyl (C=O) groups excluding carboxylic acids is 1. The molecule has 0 radical (unpaired) electrons. The first-order chi connectivity index (χ1) is 11.5. The molecule has 0 atom stereocenters. The van der Waals surface area contributed by atoms with Crippen LogP contribution in [0, 0.1) is 17.0 Å². The van der Waals surface area contributed by atoms with Gasteiger partial charge in [-0.1, -0.05) is 17.4 Å². The number of thiophene rings is 1. The van der Waals surface area contributed by atoms with Gasteiger partial charge in [-0.15, -0.1) is 0 Å². The summed E-state index contributed by atoms with van der Waals surface area (Å²) < 4.78 is 6.53. The number of hydrogen-bond donors (Lipinski definition) is 0. The van der Waals surface area contributed by atoms with Crippen LogP contribution in [0.25, 0.3) is 5.65 Å². The number of nitro groups is 1. The second-order valence-corrected chi connectivity index (χ2v) is 5.98. The number of aryl methyl sites for hydroxylation is 1. The summed E-state index contributed by atoms with van der Waals surface area (Å²) in [6.07, 6.45) is 0. The van der Waals surface area contributed by atoms with Crippen LogP contribution in [0.3, 0.4) is 0 Å². The van der Waals surface area contributed by atoms with Gasteiger partial charge in [0, 0.05) is 17.8 Å². The van der Waals surface area contributed by atoms with Gasteiger partial charge in [-0.05, 0) is 25.1 Å². The van der Waals surface area contributed by atoms with E-state index in [-0.39, 0.29) is 22.0 Å². The molecule has 0 aliphatic rings. The zero-order valence-corrected chi connectivity index (χ0v) is 13.3. The number of hydrogen-bond acceptors (Lipinski definition) is 7. The predicted octanol–water partition coefficient (Wildman–Crippen LogP) is 2.33. The van der Waals surface area contributed by atoms with Crippen molar-refractivity contribution >= 4 is 28.0 Å². The Balaban J connectivity index is 1.79. The molecule has 8 nitrogen and oxygen atoms in total. The third-order valence-corrected chi connectivity index (χ3v) is 4.27. The Hall–Kier alpha value is -3.07.